The minimum atomic E-state index is -0.761. The molecule has 0 aromatic heterocycles. The number of Topliss-reactive ketones (excluding diaryl/α,β-unsaturated/α-hetero) is 1. The van der Waals surface area contributed by atoms with Gasteiger partial charge in [0.2, 0.25) is 5.78 Å². The van der Waals surface area contributed by atoms with E-state index < -0.39 is 23.5 Å². The third-order valence-corrected chi connectivity index (χ3v) is 6.06. The Labute approximate surface area is 194 Å². The number of likely N-dealkylation sites (N-methyl/N-ethyl adjacent to an activating group) is 1. The van der Waals surface area contributed by atoms with E-state index in [4.69, 9.17) is 16.3 Å². The normalized spacial score (nSPS) is 17.9. The van der Waals surface area contributed by atoms with E-state index >= 15 is 0 Å². The van der Waals surface area contributed by atoms with Gasteiger partial charge in [0, 0.05) is 10.6 Å². The summed E-state index contributed by atoms with van der Waals surface area (Å²) in [6.07, 6.45) is 0. The van der Waals surface area contributed by atoms with Crippen molar-refractivity contribution < 1.29 is 24.3 Å². The highest BCUT2D eigenvalue weighted by molar-refractivity contribution is 6.46. The molecule has 32 heavy (non-hydrogen) atoms. The summed E-state index contributed by atoms with van der Waals surface area (Å²) in [6, 6.07) is 12.8. The Hall–Kier alpha value is -2.83. The van der Waals surface area contributed by atoms with Crippen molar-refractivity contribution in [1.82, 2.24) is 4.90 Å². The molecule has 2 aromatic carbocycles. The van der Waals surface area contributed by atoms with E-state index in [-0.39, 0.29) is 5.57 Å². The highest BCUT2D eigenvalue weighted by atomic mass is 35.5. The lowest BCUT2D eigenvalue weighted by molar-refractivity contribution is -0.895. The number of carbonyl (C=O) groups excluding carboxylic acids is 2. The summed E-state index contributed by atoms with van der Waals surface area (Å²) in [5.74, 6) is -1.20. The Morgan fingerprint density at radius 2 is 1.78 bits per heavy atom. The van der Waals surface area contributed by atoms with Crippen molar-refractivity contribution in [1.29, 1.82) is 0 Å². The molecule has 0 spiro atoms. The largest absolute Gasteiger partial charge is 0.872 e. The maximum absolute atomic E-state index is 13.4. The van der Waals surface area contributed by atoms with Crippen LogP contribution in [0.25, 0.3) is 5.76 Å². The van der Waals surface area contributed by atoms with Gasteiger partial charge in [-0.15, -0.1) is 0 Å². The number of quaternary nitrogens is 1. The number of hydrogen-bond donors (Lipinski definition) is 1. The zero-order valence-electron chi connectivity index (χ0n) is 18.7. The van der Waals surface area contributed by atoms with Gasteiger partial charge < -0.3 is 19.6 Å². The Balaban J connectivity index is 2.06. The number of ketones is 1. The summed E-state index contributed by atoms with van der Waals surface area (Å²) < 4.78 is 5.44. The highest BCUT2D eigenvalue weighted by Crippen LogP contribution is 2.39. The molecule has 1 unspecified atom stereocenters. The van der Waals surface area contributed by atoms with Crippen LogP contribution >= 0.6 is 11.6 Å². The van der Waals surface area contributed by atoms with Crippen molar-refractivity contribution in [3.63, 3.8) is 0 Å². The van der Waals surface area contributed by atoms with Crippen LogP contribution in [0.4, 0.5) is 0 Å². The van der Waals surface area contributed by atoms with Crippen LogP contribution in [-0.2, 0) is 9.59 Å². The van der Waals surface area contributed by atoms with Gasteiger partial charge in [0.25, 0.3) is 5.91 Å². The first-order chi connectivity index (χ1) is 15.4. The lowest BCUT2D eigenvalue weighted by Crippen LogP contribution is -3.12. The van der Waals surface area contributed by atoms with Gasteiger partial charge in [-0.2, -0.15) is 0 Å². The Bertz CT molecular complexity index is 999. The van der Waals surface area contributed by atoms with Crippen LogP contribution < -0.4 is 14.7 Å². The van der Waals surface area contributed by atoms with Crippen molar-refractivity contribution in [2.75, 3.05) is 32.8 Å². The first-order valence-corrected chi connectivity index (χ1v) is 11.4. The number of halogens is 1. The van der Waals surface area contributed by atoms with Gasteiger partial charge >= 0.3 is 0 Å². The van der Waals surface area contributed by atoms with Crippen LogP contribution in [0.15, 0.2) is 54.1 Å². The van der Waals surface area contributed by atoms with Crippen molar-refractivity contribution in [2.45, 2.75) is 26.8 Å². The molecule has 0 aliphatic carbocycles. The SMILES string of the molecule is CCOc1ccc(C([O-])=C2C(=O)C(=O)N(CC[NH+](CC)CC)C2c2cccc(Cl)c2)cc1. The first-order valence-electron chi connectivity index (χ1n) is 11.0. The molecule has 3 rings (SSSR count). The minimum absolute atomic E-state index is 0.0315. The van der Waals surface area contributed by atoms with E-state index in [9.17, 15) is 14.7 Å². The standard InChI is InChI=1S/C25H29ClN2O4/c1-4-27(5-2)14-15-28-22(18-8-7-9-19(26)16-18)21(24(30)25(28)31)23(29)17-10-12-20(13-11-17)32-6-3/h7-13,16,22,29H,4-6,14-15H2,1-3H3. The van der Waals surface area contributed by atoms with Crippen LogP contribution in [0, 0.1) is 0 Å². The fourth-order valence-corrected chi connectivity index (χ4v) is 4.23. The summed E-state index contributed by atoms with van der Waals surface area (Å²) in [4.78, 5) is 28.9. The maximum atomic E-state index is 13.4. The average Bonchev–Trinajstić information content (AvgIpc) is 3.05. The summed E-state index contributed by atoms with van der Waals surface area (Å²) in [7, 11) is 0. The zero-order valence-corrected chi connectivity index (χ0v) is 19.4. The molecule has 1 aliphatic heterocycles. The molecule has 0 bridgehead atoms. The van der Waals surface area contributed by atoms with Gasteiger partial charge in [-0.25, -0.2) is 0 Å². The van der Waals surface area contributed by atoms with Crippen LogP contribution in [0.1, 0.15) is 37.9 Å². The fourth-order valence-electron chi connectivity index (χ4n) is 4.03. The summed E-state index contributed by atoms with van der Waals surface area (Å²) in [6.45, 7) is 9.44. The van der Waals surface area contributed by atoms with E-state index in [1.165, 1.54) is 9.80 Å². The second-order valence-corrected chi connectivity index (χ2v) is 8.13. The zero-order chi connectivity index (χ0) is 23.3. The van der Waals surface area contributed by atoms with E-state index in [0.717, 1.165) is 13.1 Å². The molecule has 1 amide bonds. The van der Waals surface area contributed by atoms with Gasteiger partial charge in [0.05, 0.1) is 38.8 Å². The maximum Gasteiger partial charge on any atom is 0.295 e. The smallest absolute Gasteiger partial charge is 0.295 e. The number of nitrogens with one attached hydrogen (secondary N) is 1. The number of benzene rings is 2. The fraction of sp³-hybridized carbons (Fsp3) is 0.360. The Kier molecular flexibility index (Phi) is 7.94. The summed E-state index contributed by atoms with van der Waals surface area (Å²) in [5, 5.41) is 13.9. The quantitative estimate of drug-likeness (QED) is 0.355. The third kappa shape index (κ3) is 4.97. The monoisotopic (exact) mass is 456 g/mol. The van der Waals surface area contributed by atoms with Crippen LogP contribution in [0.3, 0.4) is 0 Å². The highest BCUT2D eigenvalue weighted by Gasteiger charge is 2.44. The minimum Gasteiger partial charge on any atom is -0.872 e. The van der Waals surface area contributed by atoms with Gasteiger partial charge in [-0.3, -0.25) is 9.59 Å². The molecule has 1 atom stereocenters. The van der Waals surface area contributed by atoms with E-state index in [0.29, 0.717) is 41.6 Å². The van der Waals surface area contributed by atoms with Gasteiger partial charge in [-0.05, 0) is 56.2 Å². The number of likely N-dealkylation sites (tertiary alicyclic amines) is 1. The summed E-state index contributed by atoms with van der Waals surface area (Å²) >= 11 is 6.21. The molecule has 170 valence electrons. The Morgan fingerprint density at radius 1 is 1.09 bits per heavy atom. The van der Waals surface area contributed by atoms with E-state index in [1.807, 2.05) is 6.92 Å². The van der Waals surface area contributed by atoms with Crippen molar-refractivity contribution in [3.05, 3.63) is 70.3 Å². The van der Waals surface area contributed by atoms with Gasteiger partial charge in [0.15, 0.2) is 0 Å². The summed E-state index contributed by atoms with van der Waals surface area (Å²) in [5.41, 5.74) is 0.962. The molecule has 1 heterocycles. The first kappa shape index (κ1) is 23.8. The molecule has 1 N–H and O–H groups in total. The molecule has 2 aromatic rings. The van der Waals surface area contributed by atoms with Gasteiger partial charge in [0.1, 0.15) is 5.75 Å². The molecule has 1 fully saturated rings. The molecule has 6 nitrogen and oxygen atoms in total. The predicted molar refractivity (Wildman–Crippen MR) is 122 cm³/mol. The third-order valence-electron chi connectivity index (χ3n) is 5.83. The van der Waals surface area contributed by atoms with Gasteiger partial charge in [-0.1, -0.05) is 41.6 Å². The number of ether oxygens (including phenoxy) is 1. The molecule has 0 radical (unpaired) electrons. The molecular weight excluding hydrogens is 428 g/mol. The number of carbonyl (C=O) groups is 2. The molecular formula is C25H29ClN2O4. The molecule has 1 aliphatic rings. The molecule has 1 saturated heterocycles. The van der Waals surface area contributed by atoms with Crippen LogP contribution in [0.2, 0.25) is 5.02 Å². The molecule has 7 heteroatoms. The predicted octanol–water partition coefficient (Wildman–Crippen LogP) is 1.89. The van der Waals surface area contributed by atoms with E-state index in [1.54, 1.807) is 48.5 Å². The molecule has 0 saturated carbocycles. The topological polar surface area (TPSA) is 74.1 Å². The van der Waals surface area contributed by atoms with E-state index in [2.05, 4.69) is 13.8 Å². The second-order valence-electron chi connectivity index (χ2n) is 7.69. The number of nitrogens with zero attached hydrogens (tertiary/aromatic N) is 1. The van der Waals surface area contributed by atoms with Crippen LogP contribution in [-0.4, -0.2) is 49.4 Å². The van der Waals surface area contributed by atoms with Crippen molar-refractivity contribution in [2.24, 2.45) is 0 Å². The lowest BCUT2D eigenvalue weighted by atomic mass is 9.95. The number of rotatable bonds is 9. The lowest BCUT2D eigenvalue weighted by Gasteiger charge is -2.28. The van der Waals surface area contributed by atoms with Crippen molar-refractivity contribution in [3.8, 4) is 5.75 Å². The number of amides is 1. The number of hydrogen-bond acceptors (Lipinski definition) is 4. The Morgan fingerprint density at radius 3 is 2.38 bits per heavy atom. The second kappa shape index (κ2) is 10.7. The van der Waals surface area contributed by atoms with Crippen molar-refractivity contribution >= 4 is 29.1 Å². The average molecular weight is 457 g/mol. The van der Waals surface area contributed by atoms with Crippen LogP contribution in [0.5, 0.6) is 5.75 Å².